The van der Waals surface area contributed by atoms with Crippen molar-refractivity contribution in [3.8, 4) is 0 Å². The monoisotopic (exact) mass is 537 g/mol. The highest BCUT2D eigenvalue weighted by molar-refractivity contribution is 14.0. The van der Waals surface area contributed by atoms with Crippen molar-refractivity contribution in [2.45, 2.75) is 45.3 Å². The second-order valence-corrected chi connectivity index (χ2v) is 9.43. The molecule has 166 valence electrons. The summed E-state index contributed by atoms with van der Waals surface area (Å²) in [5.74, 6) is 0.779. The van der Waals surface area contributed by atoms with Crippen LogP contribution < -0.4 is 10.6 Å². The fourth-order valence-electron chi connectivity index (χ4n) is 3.65. The van der Waals surface area contributed by atoms with E-state index in [2.05, 4.69) is 51.7 Å². The Labute approximate surface area is 193 Å². The van der Waals surface area contributed by atoms with E-state index in [-0.39, 0.29) is 24.0 Å². The lowest BCUT2D eigenvalue weighted by Crippen LogP contribution is -2.45. The molecule has 0 aliphatic carbocycles. The van der Waals surface area contributed by atoms with E-state index in [1.165, 1.54) is 16.1 Å². The maximum Gasteiger partial charge on any atom is 0.211 e. The number of benzene rings is 1. The highest BCUT2D eigenvalue weighted by Gasteiger charge is 2.29. The zero-order valence-electron chi connectivity index (χ0n) is 18.0. The lowest BCUT2D eigenvalue weighted by molar-refractivity contribution is 0.258. The number of nitrogens with zero attached hydrogens (tertiary/aromatic N) is 3. The highest BCUT2D eigenvalue weighted by atomic mass is 127. The molecule has 0 aromatic heterocycles. The number of nitrogens with one attached hydrogen (secondary N) is 2. The van der Waals surface area contributed by atoms with E-state index in [0.717, 1.165) is 31.9 Å². The summed E-state index contributed by atoms with van der Waals surface area (Å²) in [5.41, 5.74) is 1.34. The summed E-state index contributed by atoms with van der Waals surface area (Å²) in [6.07, 6.45) is 3.07. The van der Waals surface area contributed by atoms with Crippen LogP contribution in [0.25, 0.3) is 0 Å². The van der Waals surface area contributed by atoms with Gasteiger partial charge in [0.1, 0.15) is 0 Å². The lowest BCUT2D eigenvalue weighted by atomic mass is 10.2. The Balaban J connectivity index is 0.00000420. The van der Waals surface area contributed by atoms with Crippen LogP contribution in [-0.2, 0) is 16.6 Å². The maximum atomic E-state index is 11.6. The molecule has 9 heteroatoms. The van der Waals surface area contributed by atoms with E-state index >= 15 is 0 Å². The average Bonchev–Trinajstić information content (AvgIpc) is 2.99. The van der Waals surface area contributed by atoms with E-state index in [4.69, 9.17) is 0 Å². The molecular formula is C20H36IN5O2S. The topological polar surface area (TPSA) is 77.0 Å². The van der Waals surface area contributed by atoms with Gasteiger partial charge in [0.05, 0.1) is 6.26 Å². The third-order valence-corrected chi connectivity index (χ3v) is 6.57. The molecule has 0 saturated carbocycles. The summed E-state index contributed by atoms with van der Waals surface area (Å²) < 4.78 is 24.8. The molecule has 2 N–H and O–H groups in total. The van der Waals surface area contributed by atoms with Gasteiger partial charge in [-0.1, -0.05) is 37.3 Å². The van der Waals surface area contributed by atoms with Crippen molar-refractivity contribution in [3.05, 3.63) is 35.9 Å². The molecule has 1 aliphatic rings. The molecule has 1 fully saturated rings. The van der Waals surface area contributed by atoms with Crippen LogP contribution in [0.4, 0.5) is 0 Å². The molecule has 1 aromatic carbocycles. The van der Waals surface area contributed by atoms with Gasteiger partial charge in [0.25, 0.3) is 0 Å². The molecular weight excluding hydrogens is 501 g/mol. The predicted molar refractivity (Wildman–Crippen MR) is 131 cm³/mol. The van der Waals surface area contributed by atoms with Gasteiger partial charge in [-0.3, -0.25) is 9.89 Å². The Morgan fingerprint density at radius 2 is 2.00 bits per heavy atom. The van der Waals surface area contributed by atoms with Gasteiger partial charge in [0, 0.05) is 51.9 Å². The number of guanidine groups is 1. The van der Waals surface area contributed by atoms with E-state index in [0.29, 0.717) is 31.7 Å². The van der Waals surface area contributed by atoms with E-state index in [9.17, 15) is 8.42 Å². The van der Waals surface area contributed by atoms with Crippen LogP contribution in [0.1, 0.15) is 32.3 Å². The number of hydrogen-bond donors (Lipinski definition) is 2. The molecule has 0 bridgehead atoms. The van der Waals surface area contributed by atoms with Crippen molar-refractivity contribution in [1.82, 2.24) is 19.8 Å². The van der Waals surface area contributed by atoms with E-state index < -0.39 is 10.0 Å². The van der Waals surface area contributed by atoms with Gasteiger partial charge in [0.15, 0.2) is 5.96 Å². The molecule has 1 aromatic rings. The van der Waals surface area contributed by atoms with Crippen molar-refractivity contribution in [2.24, 2.45) is 4.99 Å². The largest absolute Gasteiger partial charge is 0.356 e. The summed E-state index contributed by atoms with van der Waals surface area (Å²) >= 11 is 0. The van der Waals surface area contributed by atoms with Gasteiger partial charge in [-0.15, -0.1) is 24.0 Å². The van der Waals surface area contributed by atoms with Crippen molar-refractivity contribution in [3.63, 3.8) is 0 Å². The minimum absolute atomic E-state index is 0. The first kappa shape index (κ1) is 26.1. The first-order valence-corrected chi connectivity index (χ1v) is 11.9. The number of sulfonamides is 1. The van der Waals surface area contributed by atoms with Crippen molar-refractivity contribution in [2.75, 3.05) is 39.5 Å². The third-order valence-electron chi connectivity index (χ3n) is 5.20. The van der Waals surface area contributed by atoms with Gasteiger partial charge < -0.3 is 10.6 Å². The van der Waals surface area contributed by atoms with Crippen LogP contribution in [-0.4, -0.2) is 75.1 Å². The highest BCUT2D eigenvalue weighted by Crippen LogP contribution is 2.20. The van der Waals surface area contributed by atoms with Gasteiger partial charge in [0.2, 0.25) is 10.0 Å². The first-order valence-electron chi connectivity index (χ1n) is 10.0. The Hall–Kier alpha value is -0.910. The summed E-state index contributed by atoms with van der Waals surface area (Å²) in [7, 11) is -1.36. The van der Waals surface area contributed by atoms with Crippen LogP contribution in [0.5, 0.6) is 0 Å². The number of aliphatic imine (C=N–C) groups is 1. The normalized spacial score (nSPS) is 20.5. The van der Waals surface area contributed by atoms with Gasteiger partial charge in [-0.2, -0.15) is 0 Å². The minimum Gasteiger partial charge on any atom is -0.356 e. The minimum atomic E-state index is -3.12. The van der Waals surface area contributed by atoms with Crippen molar-refractivity contribution < 1.29 is 8.42 Å². The third kappa shape index (κ3) is 8.77. The first-order chi connectivity index (χ1) is 13.3. The molecule has 7 nitrogen and oxygen atoms in total. The smallest absolute Gasteiger partial charge is 0.211 e. The zero-order valence-corrected chi connectivity index (χ0v) is 21.1. The summed E-state index contributed by atoms with van der Waals surface area (Å²) in [6.45, 7) is 7.77. The Kier molecular flexibility index (Phi) is 11.4. The molecule has 0 amide bonds. The van der Waals surface area contributed by atoms with E-state index in [1.807, 2.05) is 13.0 Å². The average molecular weight is 538 g/mol. The van der Waals surface area contributed by atoms with Crippen LogP contribution in [0.2, 0.25) is 0 Å². The fraction of sp³-hybridized carbons (Fsp3) is 0.650. The van der Waals surface area contributed by atoms with E-state index in [1.54, 1.807) is 7.05 Å². The molecule has 1 aliphatic heterocycles. The van der Waals surface area contributed by atoms with Crippen LogP contribution >= 0.6 is 24.0 Å². The van der Waals surface area contributed by atoms with Crippen LogP contribution in [0.3, 0.4) is 0 Å². The molecule has 2 rings (SSSR count). The van der Waals surface area contributed by atoms with Crippen LogP contribution in [0.15, 0.2) is 35.3 Å². The summed E-state index contributed by atoms with van der Waals surface area (Å²) in [4.78, 5) is 6.81. The molecule has 1 heterocycles. The van der Waals surface area contributed by atoms with Crippen molar-refractivity contribution in [1.29, 1.82) is 0 Å². The molecule has 29 heavy (non-hydrogen) atoms. The number of likely N-dealkylation sites (tertiary alicyclic amines) is 1. The molecule has 1 saturated heterocycles. The van der Waals surface area contributed by atoms with Gasteiger partial charge in [-0.05, 0) is 25.3 Å². The predicted octanol–water partition coefficient (Wildman–Crippen LogP) is 2.10. The maximum absolute atomic E-state index is 11.6. The van der Waals surface area contributed by atoms with Gasteiger partial charge >= 0.3 is 0 Å². The Bertz CT molecular complexity index is 730. The summed E-state index contributed by atoms with van der Waals surface area (Å²) in [5, 5.41) is 6.81. The van der Waals surface area contributed by atoms with Crippen LogP contribution in [0, 0.1) is 0 Å². The Morgan fingerprint density at radius 1 is 1.31 bits per heavy atom. The Morgan fingerprint density at radius 3 is 2.59 bits per heavy atom. The molecule has 2 atom stereocenters. The quantitative estimate of drug-likeness (QED) is 0.219. The van der Waals surface area contributed by atoms with Crippen molar-refractivity contribution >= 4 is 40.0 Å². The molecule has 0 spiro atoms. The number of halogens is 1. The number of rotatable bonds is 9. The fourth-order valence-corrected chi connectivity index (χ4v) is 4.58. The number of hydrogen-bond acceptors (Lipinski definition) is 4. The zero-order chi connectivity index (χ0) is 20.6. The molecule has 2 unspecified atom stereocenters. The molecule has 0 radical (unpaired) electrons. The SMILES string of the molecule is CCN(CCCNC(=NC)NC1CC(C)N(Cc2ccccc2)C1)S(C)(=O)=O.I. The lowest BCUT2D eigenvalue weighted by Gasteiger charge is -2.21. The second kappa shape index (κ2) is 12.7. The van der Waals surface area contributed by atoms with Gasteiger partial charge in [-0.25, -0.2) is 12.7 Å². The standard InChI is InChI=1S/C20H35N5O2S.HI/c1-5-25(28(4,26)27)13-9-12-22-20(21-3)23-19-14-17(2)24(16-19)15-18-10-7-6-8-11-18;/h6-8,10-11,17,19H,5,9,12-16H2,1-4H3,(H2,21,22,23);1H. The second-order valence-electron chi connectivity index (χ2n) is 7.45. The summed E-state index contributed by atoms with van der Waals surface area (Å²) in [6, 6.07) is 11.4.